The topological polar surface area (TPSA) is 54.5 Å². The van der Waals surface area contributed by atoms with E-state index in [0.29, 0.717) is 6.42 Å². The predicted molar refractivity (Wildman–Crippen MR) is 113 cm³/mol. The third kappa shape index (κ3) is 3.93. The van der Waals surface area contributed by atoms with Gasteiger partial charge in [-0.3, -0.25) is 9.78 Å². The molecule has 0 unspecified atom stereocenters. The molecule has 0 radical (unpaired) electrons. The summed E-state index contributed by atoms with van der Waals surface area (Å²) in [6, 6.07) is 13.7. The molecule has 0 saturated carbocycles. The van der Waals surface area contributed by atoms with Crippen molar-refractivity contribution in [3.8, 4) is 5.75 Å². The minimum absolute atomic E-state index is 0.0517. The minimum atomic E-state index is -0.0517. The van der Waals surface area contributed by atoms with Gasteiger partial charge in [-0.2, -0.15) is 0 Å². The summed E-state index contributed by atoms with van der Waals surface area (Å²) in [5.41, 5.74) is 2.95. The summed E-state index contributed by atoms with van der Waals surface area (Å²) in [6.45, 7) is 2.16. The Morgan fingerprint density at radius 2 is 1.96 bits per heavy atom. The number of benzene rings is 2. The van der Waals surface area contributed by atoms with Gasteiger partial charge in [-0.05, 0) is 55.2 Å². The maximum Gasteiger partial charge on any atom is 0.228 e. The lowest BCUT2D eigenvalue weighted by Crippen LogP contribution is -2.29. The van der Waals surface area contributed by atoms with Gasteiger partial charge in [0.2, 0.25) is 5.91 Å². The van der Waals surface area contributed by atoms with Gasteiger partial charge in [0.25, 0.3) is 0 Å². The summed E-state index contributed by atoms with van der Waals surface area (Å²) in [7, 11) is 1.63. The van der Waals surface area contributed by atoms with Crippen molar-refractivity contribution >= 4 is 28.1 Å². The van der Waals surface area contributed by atoms with E-state index >= 15 is 0 Å². The number of fused-ring (bicyclic) bond motifs is 1. The number of carbonyl (C=O) groups is 1. The molecule has 1 amide bonds. The van der Waals surface area contributed by atoms with E-state index in [1.807, 2.05) is 48.8 Å². The number of amides is 1. The molecule has 0 aliphatic carbocycles. The second kappa shape index (κ2) is 8.30. The number of piperidine rings is 1. The molecule has 5 nitrogen and oxygen atoms in total. The number of methoxy groups -OCH3 is 1. The second-order valence-electron chi connectivity index (χ2n) is 7.18. The van der Waals surface area contributed by atoms with Crippen LogP contribution in [0.3, 0.4) is 0 Å². The lowest BCUT2D eigenvalue weighted by molar-refractivity contribution is -0.115. The van der Waals surface area contributed by atoms with Crippen molar-refractivity contribution in [1.82, 2.24) is 4.98 Å². The highest BCUT2D eigenvalue weighted by Gasteiger charge is 2.16. The van der Waals surface area contributed by atoms with E-state index in [-0.39, 0.29) is 5.91 Å². The Morgan fingerprint density at radius 3 is 2.79 bits per heavy atom. The number of rotatable bonds is 5. The van der Waals surface area contributed by atoms with Crippen molar-refractivity contribution < 1.29 is 9.53 Å². The Hall–Kier alpha value is -3.08. The Morgan fingerprint density at radius 1 is 1.11 bits per heavy atom. The normalized spacial score (nSPS) is 14.1. The Kier molecular flexibility index (Phi) is 5.42. The van der Waals surface area contributed by atoms with Gasteiger partial charge in [0, 0.05) is 41.9 Å². The zero-order valence-corrected chi connectivity index (χ0v) is 16.1. The molecule has 1 saturated heterocycles. The summed E-state index contributed by atoms with van der Waals surface area (Å²) < 4.78 is 5.24. The van der Waals surface area contributed by atoms with Crippen LogP contribution >= 0.6 is 0 Å². The molecule has 2 heterocycles. The highest BCUT2D eigenvalue weighted by atomic mass is 16.5. The molecule has 3 aromatic rings. The van der Waals surface area contributed by atoms with Gasteiger partial charge in [0.05, 0.1) is 19.2 Å². The summed E-state index contributed by atoms with van der Waals surface area (Å²) in [5.74, 6) is 0.704. The molecule has 1 aliphatic rings. The zero-order valence-electron chi connectivity index (χ0n) is 16.1. The molecule has 28 heavy (non-hydrogen) atoms. The molecular formula is C23H25N3O2. The standard InChI is InChI=1S/C23H25N3O2/c1-28-18-7-5-6-17(14-18)15-23(27)25-21-8-9-22(26-12-3-2-4-13-26)19-10-11-24-16-20(19)21/h5-11,14,16H,2-4,12-13,15H2,1H3,(H,25,27). The monoisotopic (exact) mass is 375 g/mol. The van der Waals surface area contributed by atoms with Crippen LogP contribution < -0.4 is 15.0 Å². The largest absolute Gasteiger partial charge is 0.497 e. The van der Waals surface area contributed by atoms with Gasteiger partial charge in [-0.15, -0.1) is 0 Å². The Labute approximate surface area is 165 Å². The maximum absolute atomic E-state index is 12.6. The minimum Gasteiger partial charge on any atom is -0.497 e. The van der Waals surface area contributed by atoms with Crippen molar-refractivity contribution in [3.63, 3.8) is 0 Å². The number of aromatic nitrogens is 1. The highest BCUT2D eigenvalue weighted by Crippen LogP contribution is 2.33. The van der Waals surface area contributed by atoms with Gasteiger partial charge in [0.15, 0.2) is 0 Å². The molecular weight excluding hydrogens is 350 g/mol. The van der Waals surface area contributed by atoms with Crippen LogP contribution in [0.4, 0.5) is 11.4 Å². The molecule has 5 heteroatoms. The third-order valence-corrected chi connectivity index (χ3v) is 5.26. The first-order valence-corrected chi connectivity index (χ1v) is 9.79. The van der Waals surface area contributed by atoms with Crippen LogP contribution in [-0.2, 0) is 11.2 Å². The van der Waals surface area contributed by atoms with Crippen molar-refractivity contribution in [3.05, 3.63) is 60.4 Å². The molecule has 0 atom stereocenters. The van der Waals surface area contributed by atoms with Gasteiger partial charge in [0.1, 0.15) is 5.75 Å². The fourth-order valence-electron chi connectivity index (χ4n) is 3.86. The molecule has 4 rings (SSSR count). The number of hydrogen-bond donors (Lipinski definition) is 1. The maximum atomic E-state index is 12.6. The van der Waals surface area contributed by atoms with Crippen LogP contribution in [0.1, 0.15) is 24.8 Å². The molecule has 1 N–H and O–H groups in total. The van der Waals surface area contributed by atoms with E-state index in [4.69, 9.17) is 4.74 Å². The van der Waals surface area contributed by atoms with E-state index < -0.39 is 0 Å². The van der Waals surface area contributed by atoms with E-state index in [0.717, 1.165) is 40.9 Å². The van der Waals surface area contributed by atoms with Crippen LogP contribution in [0.25, 0.3) is 10.8 Å². The molecule has 1 aromatic heterocycles. The molecule has 1 fully saturated rings. The molecule has 1 aliphatic heterocycles. The van der Waals surface area contributed by atoms with Crippen LogP contribution in [0.15, 0.2) is 54.9 Å². The van der Waals surface area contributed by atoms with Gasteiger partial charge < -0.3 is 15.0 Å². The average molecular weight is 375 g/mol. The SMILES string of the molecule is COc1cccc(CC(=O)Nc2ccc(N3CCCCC3)c3ccncc23)c1. The lowest BCUT2D eigenvalue weighted by atomic mass is 10.0. The third-order valence-electron chi connectivity index (χ3n) is 5.26. The lowest BCUT2D eigenvalue weighted by Gasteiger charge is -2.30. The van der Waals surface area contributed by atoms with Gasteiger partial charge in [-0.1, -0.05) is 12.1 Å². The van der Waals surface area contributed by atoms with Crippen LogP contribution in [0.5, 0.6) is 5.75 Å². The van der Waals surface area contributed by atoms with E-state index in [2.05, 4.69) is 21.3 Å². The smallest absolute Gasteiger partial charge is 0.228 e. The van der Waals surface area contributed by atoms with E-state index in [1.165, 1.54) is 24.9 Å². The number of anilines is 2. The van der Waals surface area contributed by atoms with Crippen molar-refractivity contribution in [2.75, 3.05) is 30.4 Å². The first-order chi connectivity index (χ1) is 13.7. The fraction of sp³-hybridized carbons (Fsp3) is 0.304. The number of carbonyl (C=O) groups excluding carboxylic acids is 1. The number of pyridine rings is 1. The summed E-state index contributed by atoms with van der Waals surface area (Å²) in [4.78, 5) is 19.4. The molecule has 0 spiro atoms. The highest BCUT2D eigenvalue weighted by molar-refractivity contribution is 6.06. The Bertz CT molecular complexity index is 980. The molecule has 0 bridgehead atoms. The predicted octanol–water partition coefficient (Wildman–Crippen LogP) is 4.41. The van der Waals surface area contributed by atoms with E-state index in [9.17, 15) is 4.79 Å². The summed E-state index contributed by atoms with van der Waals surface area (Å²) in [6.07, 6.45) is 7.71. The summed E-state index contributed by atoms with van der Waals surface area (Å²) in [5, 5.41) is 5.17. The van der Waals surface area contributed by atoms with Crippen LogP contribution in [0, 0.1) is 0 Å². The quantitative estimate of drug-likeness (QED) is 0.717. The van der Waals surface area contributed by atoms with Crippen LogP contribution in [-0.4, -0.2) is 31.1 Å². The number of nitrogens with zero attached hydrogens (tertiary/aromatic N) is 2. The fourth-order valence-corrected chi connectivity index (χ4v) is 3.86. The average Bonchev–Trinajstić information content (AvgIpc) is 2.74. The number of ether oxygens (including phenoxy) is 1. The molecule has 2 aromatic carbocycles. The van der Waals surface area contributed by atoms with Crippen LogP contribution in [0.2, 0.25) is 0 Å². The zero-order chi connectivity index (χ0) is 19.3. The van der Waals surface area contributed by atoms with Gasteiger partial charge in [-0.25, -0.2) is 0 Å². The van der Waals surface area contributed by atoms with E-state index in [1.54, 1.807) is 7.11 Å². The number of hydrogen-bond acceptors (Lipinski definition) is 4. The number of nitrogens with one attached hydrogen (secondary N) is 1. The molecule has 144 valence electrons. The van der Waals surface area contributed by atoms with Gasteiger partial charge >= 0.3 is 0 Å². The second-order valence-corrected chi connectivity index (χ2v) is 7.18. The Balaban J connectivity index is 1.57. The first kappa shape index (κ1) is 18.3. The van der Waals surface area contributed by atoms with Crippen molar-refractivity contribution in [2.45, 2.75) is 25.7 Å². The summed E-state index contributed by atoms with van der Waals surface area (Å²) >= 11 is 0. The van der Waals surface area contributed by atoms with Crippen molar-refractivity contribution in [2.24, 2.45) is 0 Å². The van der Waals surface area contributed by atoms with Crippen molar-refractivity contribution in [1.29, 1.82) is 0 Å². The first-order valence-electron chi connectivity index (χ1n) is 9.79.